The number of nitrogens with one attached hydrogen (secondary N) is 1. The second-order valence-electron chi connectivity index (χ2n) is 5.19. The molecular weight excluding hydrogens is 330 g/mol. The van der Waals surface area contributed by atoms with Crippen LogP contribution in [0.2, 0.25) is 0 Å². The lowest BCUT2D eigenvalue weighted by atomic mass is 10.2. The first-order valence-electron chi connectivity index (χ1n) is 7.42. The van der Waals surface area contributed by atoms with Gasteiger partial charge in [0, 0.05) is 5.56 Å². The number of hydrogen-bond donors (Lipinski definition) is 1. The average molecular weight is 344 g/mol. The Bertz CT molecular complexity index is 848. The summed E-state index contributed by atoms with van der Waals surface area (Å²) in [6.45, 7) is -0.0342. The van der Waals surface area contributed by atoms with Crippen LogP contribution in [0.4, 0.5) is 19.4 Å². The fraction of sp³-hybridized carbons (Fsp3) is 0.118. The van der Waals surface area contributed by atoms with Crippen LogP contribution in [0.25, 0.3) is 0 Å². The van der Waals surface area contributed by atoms with Gasteiger partial charge in [0.2, 0.25) is 0 Å². The Morgan fingerprint density at radius 1 is 1.08 bits per heavy atom. The van der Waals surface area contributed by atoms with Crippen LogP contribution in [0.1, 0.15) is 11.1 Å². The van der Waals surface area contributed by atoms with E-state index in [-0.39, 0.29) is 24.5 Å². The summed E-state index contributed by atoms with van der Waals surface area (Å²) in [7, 11) is 0. The van der Waals surface area contributed by atoms with Gasteiger partial charge in [0.1, 0.15) is 18.2 Å². The van der Waals surface area contributed by atoms with Gasteiger partial charge in [-0.1, -0.05) is 41.6 Å². The molecule has 1 N–H and O–H groups in total. The Labute approximate surface area is 142 Å². The summed E-state index contributed by atoms with van der Waals surface area (Å²) in [5.41, 5.74) is 0.710. The Morgan fingerprint density at radius 3 is 2.52 bits per heavy atom. The Balaban J connectivity index is 1.57. The molecule has 128 valence electrons. The van der Waals surface area contributed by atoms with E-state index in [1.54, 1.807) is 0 Å². The minimum Gasteiger partial charge on any atom is -0.444 e. The third-order valence-corrected chi connectivity index (χ3v) is 3.36. The zero-order chi connectivity index (χ0) is 17.6. The molecule has 6 nitrogen and oxygen atoms in total. The van der Waals surface area contributed by atoms with Crippen molar-refractivity contribution in [2.45, 2.75) is 13.2 Å². The predicted octanol–water partition coefficient (Wildman–Crippen LogP) is 3.35. The van der Waals surface area contributed by atoms with Crippen molar-refractivity contribution in [3.63, 3.8) is 0 Å². The van der Waals surface area contributed by atoms with Crippen molar-refractivity contribution in [1.82, 2.24) is 15.0 Å². The molecule has 0 bridgehead atoms. The van der Waals surface area contributed by atoms with E-state index in [1.807, 2.05) is 30.3 Å². The van der Waals surface area contributed by atoms with Gasteiger partial charge in [0.15, 0.2) is 5.82 Å². The molecule has 0 radical (unpaired) electrons. The maximum atomic E-state index is 13.6. The summed E-state index contributed by atoms with van der Waals surface area (Å²) in [5, 5.41) is 9.86. The van der Waals surface area contributed by atoms with Crippen molar-refractivity contribution in [2.24, 2.45) is 0 Å². The number of carbonyl (C=O) groups is 1. The third-order valence-electron chi connectivity index (χ3n) is 3.36. The van der Waals surface area contributed by atoms with Gasteiger partial charge in [-0.3, -0.25) is 5.32 Å². The molecule has 1 amide bonds. The minimum absolute atomic E-state index is 0.112. The van der Waals surface area contributed by atoms with Crippen molar-refractivity contribution >= 4 is 11.9 Å². The molecule has 25 heavy (non-hydrogen) atoms. The molecule has 0 saturated carbocycles. The van der Waals surface area contributed by atoms with E-state index in [9.17, 15) is 13.6 Å². The maximum Gasteiger partial charge on any atom is 0.413 e. The SMILES string of the molecule is O=C(Nc1cn(Cc2c(F)cccc2F)nn1)OCc1ccccc1. The molecule has 0 spiro atoms. The molecule has 0 fully saturated rings. The number of anilines is 1. The number of carbonyl (C=O) groups excluding carboxylic acids is 1. The standard InChI is InChI=1S/C17H14F2N4O2/c18-14-7-4-8-15(19)13(14)9-23-10-16(21-22-23)20-17(24)25-11-12-5-2-1-3-6-12/h1-8,10H,9,11H2,(H,20,24). The van der Waals surface area contributed by atoms with E-state index in [1.165, 1.54) is 16.9 Å². The van der Waals surface area contributed by atoms with Gasteiger partial charge in [-0.15, -0.1) is 5.10 Å². The zero-order valence-electron chi connectivity index (χ0n) is 13.0. The number of ether oxygens (including phenoxy) is 1. The van der Waals surface area contributed by atoms with Crippen LogP contribution in [0, 0.1) is 11.6 Å². The minimum atomic E-state index is -0.701. The molecule has 0 atom stereocenters. The highest BCUT2D eigenvalue weighted by atomic mass is 19.1. The molecule has 3 aromatic rings. The fourth-order valence-electron chi connectivity index (χ4n) is 2.14. The number of aromatic nitrogens is 3. The molecule has 1 heterocycles. The summed E-state index contributed by atoms with van der Waals surface area (Å²) >= 11 is 0. The van der Waals surface area contributed by atoms with Gasteiger partial charge in [-0.25, -0.2) is 18.3 Å². The van der Waals surface area contributed by atoms with Gasteiger partial charge in [-0.2, -0.15) is 0 Å². The van der Waals surface area contributed by atoms with Crippen molar-refractivity contribution in [2.75, 3.05) is 5.32 Å². The quantitative estimate of drug-likeness (QED) is 0.771. The van der Waals surface area contributed by atoms with Crippen LogP contribution in [-0.4, -0.2) is 21.1 Å². The monoisotopic (exact) mass is 344 g/mol. The molecule has 3 rings (SSSR count). The van der Waals surface area contributed by atoms with Crippen LogP contribution in [0.3, 0.4) is 0 Å². The normalized spacial score (nSPS) is 10.5. The smallest absolute Gasteiger partial charge is 0.413 e. The summed E-state index contributed by atoms with van der Waals surface area (Å²) < 4.78 is 33.5. The van der Waals surface area contributed by atoms with Crippen LogP contribution >= 0.6 is 0 Å². The number of halogens is 2. The molecule has 1 aromatic heterocycles. The third kappa shape index (κ3) is 4.37. The van der Waals surface area contributed by atoms with Crippen molar-refractivity contribution in [1.29, 1.82) is 0 Å². The van der Waals surface area contributed by atoms with E-state index in [0.717, 1.165) is 17.7 Å². The second kappa shape index (κ2) is 7.52. The van der Waals surface area contributed by atoms with Crippen molar-refractivity contribution < 1.29 is 18.3 Å². The first-order chi connectivity index (χ1) is 12.1. The summed E-state index contributed by atoms with van der Waals surface area (Å²) in [4.78, 5) is 11.7. The largest absolute Gasteiger partial charge is 0.444 e. The van der Waals surface area contributed by atoms with E-state index in [2.05, 4.69) is 15.6 Å². The van der Waals surface area contributed by atoms with Gasteiger partial charge in [0.05, 0.1) is 12.7 Å². The van der Waals surface area contributed by atoms with E-state index in [4.69, 9.17) is 4.74 Å². The number of rotatable bonds is 5. The summed E-state index contributed by atoms with van der Waals surface area (Å²) in [6, 6.07) is 12.8. The van der Waals surface area contributed by atoms with Gasteiger partial charge >= 0.3 is 6.09 Å². The highest BCUT2D eigenvalue weighted by Gasteiger charge is 2.12. The predicted molar refractivity (Wildman–Crippen MR) is 85.7 cm³/mol. The van der Waals surface area contributed by atoms with Crippen LogP contribution in [-0.2, 0) is 17.9 Å². The Morgan fingerprint density at radius 2 is 1.80 bits per heavy atom. The average Bonchev–Trinajstić information content (AvgIpc) is 3.04. The molecule has 0 unspecified atom stereocenters. The lowest BCUT2D eigenvalue weighted by Gasteiger charge is -2.05. The van der Waals surface area contributed by atoms with Crippen molar-refractivity contribution in [3.8, 4) is 0 Å². The lowest BCUT2D eigenvalue weighted by molar-refractivity contribution is 0.155. The van der Waals surface area contributed by atoms with Gasteiger partial charge in [-0.05, 0) is 17.7 Å². The highest BCUT2D eigenvalue weighted by Crippen LogP contribution is 2.14. The lowest BCUT2D eigenvalue weighted by Crippen LogP contribution is -2.13. The first kappa shape index (κ1) is 16.6. The second-order valence-corrected chi connectivity index (χ2v) is 5.19. The molecule has 0 aliphatic heterocycles. The first-order valence-corrected chi connectivity index (χ1v) is 7.42. The molecular formula is C17H14F2N4O2. The van der Waals surface area contributed by atoms with Crippen LogP contribution in [0.5, 0.6) is 0 Å². The van der Waals surface area contributed by atoms with Crippen LogP contribution < -0.4 is 5.32 Å². The fourth-order valence-corrected chi connectivity index (χ4v) is 2.14. The number of amides is 1. The molecule has 0 aliphatic carbocycles. The zero-order valence-corrected chi connectivity index (χ0v) is 13.0. The topological polar surface area (TPSA) is 69.0 Å². The highest BCUT2D eigenvalue weighted by molar-refractivity contribution is 5.82. The Hall–Kier alpha value is -3.29. The van der Waals surface area contributed by atoms with Gasteiger partial charge < -0.3 is 4.74 Å². The van der Waals surface area contributed by atoms with E-state index in [0.29, 0.717) is 0 Å². The summed E-state index contributed by atoms with van der Waals surface area (Å²) in [6.07, 6.45) is 0.656. The van der Waals surface area contributed by atoms with E-state index >= 15 is 0 Å². The number of benzene rings is 2. The van der Waals surface area contributed by atoms with Crippen LogP contribution in [0.15, 0.2) is 54.7 Å². The van der Waals surface area contributed by atoms with Gasteiger partial charge in [0.25, 0.3) is 0 Å². The number of hydrogen-bond acceptors (Lipinski definition) is 4. The Kier molecular flexibility index (Phi) is 4.98. The molecule has 2 aromatic carbocycles. The summed E-state index contributed by atoms with van der Waals surface area (Å²) in [5.74, 6) is -1.23. The maximum absolute atomic E-state index is 13.6. The molecule has 0 saturated heterocycles. The molecule has 8 heteroatoms. The van der Waals surface area contributed by atoms with E-state index < -0.39 is 17.7 Å². The van der Waals surface area contributed by atoms with Crippen molar-refractivity contribution in [3.05, 3.63) is 77.5 Å². The molecule has 0 aliphatic rings. The number of nitrogens with zero attached hydrogens (tertiary/aromatic N) is 3.